The van der Waals surface area contributed by atoms with Crippen LogP contribution in [-0.2, 0) is 4.74 Å². The number of hydrogen-bond donors (Lipinski definition) is 1. The standard InChI is InChI=1S/C28H33FN2O2/c1-3-4-8-17-33-21(2)9-6-5-7-10-22-11-16-26(27(29)18-22)24-14-12-23(13-15-24)25-19-30-28(32)31-20-25/h7,10-16,18-21H,3-6,8-9,17H2,1-2H3,(H,30,31,32). The van der Waals surface area contributed by atoms with Crippen LogP contribution in [0.2, 0.25) is 0 Å². The summed E-state index contributed by atoms with van der Waals surface area (Å²) in [6, 6.07) is 12.9. The molecular formula is C28H33FN2O2. The molecule has 1 heterocycles. The molecule has 0 aliphatic heterocycles. The van der Waals surface area contributed by atoms with Crippen LogP contribution < -0.4 is 5.69 Å². The summed E-state index contributed by atoms with van der Waals surface area (Å²) in [7, 11) is 0. The maximum absolute atomic E-state index is 14.8. The molecule has 1 aromatic heterocycles. The third kappa shape index (κ3) is 7.79. The van der Waals surface area contributed by atoms with Crippen molar-refractivity contribution >= 4 is 6.08 Å². The number of hydrogen-bond acceptors (Lipinski definition) is 3. The highest BCUT2D eigenvalue weighted by molar-refractivity contribution is 5.71. The molecule has 0 saturated heterocycles. The molecule has 4 nitrogen and oxygen atoms in total. The van der Waals surface area contributed by atoms with E-state index in [-0.39, 0.29) is 11.5 Å². The number of aromatic amines is 1. The molecule has 33 heavy (non-hydrogen) atoms. The van der Waals surface area contributed by atoms with Crippen LogP contribution in [-0.4, -0.2) is 22.7 Å². The van der Waals surface area contributed by atoms with Gasteiger partial charge in [-0.25, -0.2) is 14.2 Å². The molecule has 0 fully saturated rings. The van der Waals surface area contributed by atoms with Gasteiger partial charge in [0.25, 0.3) is 0 Å². The van der Waals surface area contributed by atoms with Gasteiger partial charge in [0.2, 0.25) is 0 Å². The topological polar surface area (TPSA) is 55.0 Å². The summed E-state index contributed by atoms with van der Waals surface area (Å²) < 4.78 is 20.6. The number of aromatic nitrogens is 2. The van der Waals surface area contributed by atoms with Gasteiger partial charge in [-0.3, -0.25) is 0 Å². The van der Waals surface area contributed by atoms with Crippen molar-refractivity contribution in [3.05, 3.63) is 82.8 Å². The minimum absolute atomic E-state index is 0.246. The predicted molar refractivity (Wildman–Crippen MR) is 134 cm³/mol. The number of rotatable bonds is 12. The number of allylic oxidation sites excluding steroid dienone is 1. The van der Waals surface area contributed by atoms with Gasteiger partial charge in [0.05, 0.1) is 6.10 Å². The molecule has 3 rings (SSSR count). The molecule has 3 aromatic rings. The van der Waals surface area contributed by atoms with Crippen molar-refractivity contribution in [3.63, 3.8) is 0 Å². The van der Waals surface area contributed by atoms with Crippen LogP contribution in [0.1, 0.15) is 57.9 Å². The summed E-state index contributed by atoms with van der Waals surface area (Å²) in [4.78, 5) is 17.4. The molecule has 5 heteroatoms. The van der Waals surface area contributed by atoms with Gasteiger partial charge in [0.1, 0.15) is 5.82 Å². The quantitative estimate of drug-likeness (QED) is 0.303. The lowest BCUT2D eigenvalue weighted by atomic mass is 10.00. The Bertz CT molecular complexity index is 1070. The Kier molecular flexibility index (Phi) is 9.58. The van der Waals surface area contributed by atoms with Crippen molar-refractivity contribution < 1.29 is 9.13 Å². The van der Waals surface area contributed by atoms with Crippen molar-refractivity contribution in [1.29, 1.82) is 0 Å². The van der Waals surface area contributed by atoms with E-state index in [0.29, 0.717) is 11.7 Å². The van der Waals surface area contributed by atoms with E-state index in [9.17, 15) is 9.18 Å². The number of nitrogens with one attached hydrogen (secondary N) is 1. The lowest BCUT2D eigenvalue weighted by molar-refractivity contribution is 0.0566. The van der Waals surface area contributed by atoms with Gasteiger partial charge in [-0.1, -0.05) is 68.3 Å². The molecule has 0 amide bonds. The molecule has 1 atom stereocenters. The van der Waals surface area contributed by atoms with Crippen LogP contribution in [0, 0.1) is 5.82 Å². The van der Waals surface area contributed by atoms with Gasteiger partial charge >= 0.3 is 5.69 Å². The van der Waals surface area contributed by atoms with E-state index >= 15 is 0 Å². The van der Waals surface area contributed by atoms with Gasteiger partial charge in [0, 0.05) is 30.1 Å². The molecule has 1 unspecified atom stereocenters. The van der Waals surface area contributed by atoms with Crippen molar-refractivity contribution in [3.8, 4) is 22.3 Å². The lowest BCUT2D eigenvalue weighted by Gasteiger charge is -2.12. The number of H-pyrrole nitrogens is 1. The lowest BCUT2D eigenvalue weighted by Crippen LogP contribution is -2.08. The van der Waals surface area contributed by atoms with Crippen molar-refractivity contribution in [1.82, 2.24) is 9.97 Å². The fraction of sp³-hybridized carbons (Fsp3) is 0.357. The smallest absolute Gasteiger partial charge is 0.344 e. The Morgan fingerprint density at radius 3 is 2.55 bits per heavy atom. The average Bonchev–Trinajstić information content (AvgIpc) is 2.82. The fourth-order valence-electron chi connectivity index (χ4n) is 3.67. The van der Waals surface area contributed by atoms with Gasteiger partial charge in [-0.15, -0.1) is 0 Å². The van der Waals surface area contributed by atoms with Gasteiger partial charge in [-0.2, -0.15) is 0 Å². The van der Waals surface area contributed by atoms with Crippen molar-refractivity contribution in [2.24, 2.45) is 0 Å². The second-order valence-electron chi connectivity index (χ2n) is 8.35. The molecule has 2 aromatic carbocycles. The first-order valence-electron chi connectivity index (χ1n) is 11.8. The largest absolute Gasteiger partial charge is 0.379 e. The predicted octanol–water partition coefficient (Wildman–Crippen LogP) is 7.02. The molecule has 0 aliphatic rings. The Labute approximate surface area is 195 Å². The van der Waals surface area contributed by atoms with E-state index < -0.39 is 0 Å². The Hall–Kier alpha value is -3.05. The highest BCUT2D eigenvalue weighted by Gasteiger charge is 2.07. The van der Waals surface area contributed by atoms with E-state index in [1.165, 1.54) is 19.0 Å². The third-order valence-electron chi connectivity index (χ3n) is 5.64. The minimum atomic E-state index is -0.382. The first-order valence-corrected chi connectivity index (χ1v) is 11.8. The van der Waals surface area contributed by atoms with Crippen LogP contribution in [0.3, 0.4) is 0 Å². The Balaban J connectivity index is 1.51. The maximum Gasteiger partial charge on any atom is 0.344 e. The maximum atomic E-state index is 14.8. The van der Waals surface area contributed by atoms with Crippen molar-refractivity contribution in [2.45, 2.75) is 58.5 Å². The Morgan fingerprint density at radius 1 is 1.06 bits per heavy atom. The van der Waals surface area contributed by atoms with Gasteiger partial charge in [0.15, 0.2) is 0 Å². The zero-order chi connectivity index (χ0) is 23.5. The van der Waals surface area contributed by atoms with E-state index in [0.717, 1.165) is 54.5 Å². The minimum Gasteiger partial charge on any atom is -0.379 e. The summed E-state index contributed by atoms with van der Waals surface area (Å²) in [5.74, 6) is -0.246. The highest BCUT2D eigenvalue weighted by Crippen LogP contribution is 2.27. The molecule has 0 saturated carbocycles. The monoisotopic (exact) mass is 448 g/mol. The zero-order valence-corrected chi connectivity index (χ0v) is 19.5. The normalized spacial score (nSPS) is 12.3. The number of halogens is 1. The van der Waals surface area contributed by atoms with Crippen LogP contribution in [0.5, 0.6) is 0 Å². The molecule has 0 aliphatic carbocycles. The number of benzene rings is 2. The highest BCUT2D eigenvalue weighted by atomic mass is 19.1. The van der Waals surface area contributed by atoms with Gasteiger partial charge < -0.3 is 9.72 Å². The summed E-state index contributed by atoms with van der Waals surface area (Å²) >= 11 is 0. The summed E-state index contributed by atoms with van der Waals surface area (Å²) in [6.45, 7) is 5.18. The van der Waals surface area contributed by atoms with Crippen LogP contribution in [0.4, 0.5) is 4.39 Å². The zero-order valence-electron chi connectivity index (χ0n) is 19.5. The van der Waals surface area contributed by atoms with Gasteiger partial charge in [-0.05, 0) is 55.4 Å². The second kappa shape index (κ2) is 12.9. The van der Waals surface area contributed by atoms with E-state index in [1.54, 1.807) is 12.3 Å². The number of ether oxygens (including phenoxy) is 1. The molecule has 174 valence electrons. The van der Waals surface area contributed by atoms with Crippen molar-refractivity contribution in [2.75, 3.05) is 6.61 Å². The second-order valence-corrected chi connectivity index (χ2v) is 8.35. The molecule has 0 spiro atoms. The van der Waals surface area contributed by atoms with Crippen LogP contribution in [0.25, 0.3) is 28.3 Å². The summed E-state index contributed by atoms with van der Waals surface area (Å²) in [5, 5.41) is 0. The van der Waals surface area contributed by atoms with E-state index in [1.807, 2.05) is 42.5 Å². The molecule has 1 N–H and O–H groups in total. The Morgan fingerprint density at radius 2 is 1.85 bits per heavy atom. The fourth-order valence-corrected chi connectivity index (χ4v) is 3.67. The summed E-state index contributed by atoms with van der Waals surface area (Å²) in [5.41, 5.74) is 3.55. The number of nitrogens with zero attached hydrogens (tertiary/aromatic N) is 1. The average molecular weight is 449 g/mol. The first-order chi connectivity index (χ1) is 16.1. The SMILES string of the molecule is CCCCCOC(C)CCCC=Cc1ccc(-c2ccc(-c3cnc(=O)[nH]c3)cc2)c(F)c1. The first kappa shape index (κ1) is 24.6. The molecule has 0 radical (unpaired) electrons. The van der Waals surface area contributed by atoms with Crippen LogP contribution in [0.15, 0.2) is 65.7 Å². The number of unbranched alkanes of at least 4 members (excludes halogenated alkanes) is 3. The van der Waals surface area contributed by atoms with E-state index in [2.05, 4.69) is 29.9 Å². The summed E-state index contributed by atoms with van der Waals surface area (Å²) in [6.07, 6.45) is 14.1. The molecular weight excluding hydrogens is 415 g/mol. The van der Waals surface area contributed by atoms with E-state index in [4.69, 9.17) is 4.74 Å². The molecule has 0 bridgehead atoms. The third-order valence-corrected chi connectivity index (χ3v) is 5.64. The van der Waals surface area contributed by atoms with Crippen LogP contribution >= 0.6 is 0 Å².